The van der Waals surface area contributed by atoms with Crippen LogP contribution in [0.1, 0.15) is 0 Å². The third-order valence-electron chi connectivity index (χ3n) is 2.17. The number of imidazole rings is 1. The van der Waals surface area contributed by atoms with Crippen molar-refractivity contribution in [1.82, 2.24) is 24.3 Å². The normalized spacial score (nSPS) is 10.8. The molecule has 0 bridgehead atoms. The predicted octanol–water partition coefficient (Wildman–Crippen LogP) is 1.84. The Morgan fingerprint density at radius 2 is 2.00 bits per heavy atom. The molecule has 3 aromatic heterocycles. The summed E-state index contributed by atoms with van der Waals surface area (Å²) in [6.07, 6.45) is 8.70. The number of hydrogen-bond donors (Lipinski definition) is 0. The number of hydrogen-bond acceptors (Lipinski definition) is 4. The lowest BCUT2D eigenvalue weighted by molar-refractivity contribution is 1.10. The van der Waals surface area contributed by atoms with E-state index in [1.54, 1.807) is 24.7 Å². The van der Waals surface area contributed by atoms with Crippen LogP contribution in [0.5, 0.6) is 0 Å². The third kappa shape index (κ3) is 1.51. The summed E-state index contributed by atoms with van der Waals surface area (Å²) < 4.78 is 1.87. The van der Waals surface area contributed by atoms with Crippen LogP contribution in [0.4, 0.5) is 0 Å². The SMILES string of the molecule is Clc1nccc(-c2cn3ccnc3cn2)n1. The molecule has 0 saturated heterocycles. The molecule has 3 rings (SSSR count). The molecule has 0 radical (unpaired) electrons. The highest BCUT2D eigenvalue weighted by Gasteiger charge is 2.03. The van der Waals surface area contributed by atoms with Crippen molar-refractivity contribution in [3.05, 3.63) is 42.3 Å². The van der Waals surface area contributed by atoms with Crippen molar-refractivity contribution < 1.29 is 0 Å². The fraction of sp³-hybridized carbons (Fsp3) is 0. The van der Waals surface area contributed by atoms with E-state index in [1.807, 2.05) is 16.8 Å². The van der Waals surface area contributed by atoms with Crippen LogP contribution in [0.25, 0.3) is 17.0 Å². The van der Waals surface area contributed by atoms with Crippen molar-refractivity contribution in [2.45, 2.75) is 0 Å². The first-order valence-electron chi connectivity index (χ1n) is 4.60. The number of rotatable bonds is 1. The van der Waals surface area contributed by atoms with Crippen molar-refractivity contribution in [1.29, 1.82) is 0 Å². The maximum atomic E-state index is 5.72. The summed E-state index contributed by atoms with van der Waals surface area (Å²) in [6, 6.07) is 1.76. The monoisotopic (exact) mass is 231 g/mol. The highest BCUT2D eigenvalue weighted by atomic mass is 35.5. The molecule has 0 amide bonds. The Bertz CT molecular complexity index is 648. The van der Waals surface area contributed by atoms with Gasteiger partial charge in [-0.05, 0) is 17.7 Å². The number of nitrogens with zero attached hydrogens (tertiary/aromatic N) is 5. The molecule has 3 aromatic rings. The molecule has 0 aliphatic carbocycles. The zero-order valence-corrected chi connectivity index (χ0v) is 8.83. The van der Waals surface area contributed by atoms with Crippen LogP contribution in [0, 0.1) is 0 Å². The van der Waals surface area contributed by atoms with Gasteiger partial charge < -0.3 is 4.40 Å². The van der Waals surface area contributed by atoms with Crippen molar-refractivity contribution in [3.63, 3.8) is 0 Å². The second-order valence-corrected chi connectivity index (χ2v) is 3.51. The molecule has 0 N–H and O–H groups in total. The first kappa shape index (κ1) is 9.23. The van der Waals surface area contributed by atoms with Crippen LogP contribution in [-0.4, -0.2) is 24.3 Å². The molecular formula is C10H6ClN5. The zero-order valence-electron chi connectivity index (χ0n) is 8.08. The van der Waals surface area contributed by atoms with Crippen molar-refractivity contribution in [2.75, 3.05) is 0 Å². The van der Waals surface area contributed by atoms with E-state index < -0.39 is 0 Å². The van der Waals surface area contributed by atoms with Gasteiger partial charge in [0, 0.05) is 24.8 Å². The van der Waals surface area contributed by atoms with Crippen molar-refractivity contribution >= 4 is 17.2 Å². The molecule has 0 aromatic carbocycles. The minimum absolute atomic E-state index is 0.213. The molecule has 0 aliphatic heterocycles. The standard InChI is InChI=1S/C10H6ClN5/c11-10-13-2-1-7(15-10)8-6-16-4-3-12-9(16)5-14-8/h1-6H. The lowest BCUT2D eigenvalue weighted by Gasteiger charge is -2.00. The smallest absolute Gasteiger partial charge is 0.222 e. The van der Waals surface area contributed by atoms with E-state index in [9.17, 15) is 0 Å². The van der Waals surface area contributed by atoms with Gasteiger partial charge in [-0.2, -0.15) is 0 Å². The van der Waals surface area contributed by atoms with Gasteiger partial charge in [-0.25, -0.2) is 19.9 Å². The zero-order chi connectivity index (χ0) is 11.0. The van der Waals surface area contributed by atoms with Crippen LogP contribution >= 0.6 is 11.6 Å². The maximum Gasteiger partial charge on any atom is 0.222 e. The molecular weight excluding hydrogens is 226 g/mol. The second-order valence-electron chi connectivity index (χ2n) is 3.18. The van der Waals surface area contributed by atoms with Gasteiger partial charge in [0.2, 0.25) is 5.28 Å². The Balaban J connectivity index is 2.18. The van der Waals surface area contributed by atoms with Gasteiger partial charge in [0.1, 0.15) is 5.69 Å². The molecule has 3 heterocycles. The largest absolute Gasteiger partial charge is 0.304 e. The predicted molar refractivity (Wildman–Crippen MR) is 59.0 cm³/mol. The van der Waals surface area contributed by atoms with E-state index in [0.29, 0.717) is 5.69 Å². The Morgan fingerprint density at radius 1 is 1.06 bits per heavy atom. The van der Waals surface area contributed by atoms with Crippen LogP contribution in [0.3, 0.4) is 0 Å². The van der Waals surface area contributed by atoms with Gasteiger partial charge in [0.25, 0.3) is 0 Å². The molecule has 16 heavy (non-hydrogen) atoms. The van der Waals surface area contributed by atoms with Crippen LogP contribution in [-0.2, 0) is 0 Å². The molecule has 0 atom stereocenters. The summed E-state index contributed by atoms with van der Waals surface area (Å²) in [4.78, 5) is 16.3. The quantitative estimate of drug-likeness (QED) is 0.600. The summed E-state index contributed by atoms with van der Waals surface area (Å²) in [6.45, 7) is 0. The Kier molecular flexibility index (Phi) is 2.04. The van der Waals surface area contributed by atoms with E-state index in [-0.39, 0.29) is 5.28 Å². The number of aromatic nitrogens is 5. The fourth-order valence-electron chi connectivity index (χ4n) is 1.44. The minimum Gasteiger partial charge on any atom is -0.304 e. The van der Waals surface area contributed by atoms with E-state index >= 15 is 0 Å². The highest BCUT2D eigenvalue weighted by Crippen LogP contribution is 2.15. The van der Waals surface area contributed by atoms with Gasteiger partial charge in [0.05, 0.1) is 11.9 Å². The van der Waals surface area contributed by atoms with Gasteiger partial charge in [-0.15, -0.1) is 0 Å². The average molecular weight is 232 g/mol. The van der Waals surface area contributed by atoms with E-state index in [0.717, 1.165) is 11.3 Å². The fourth-order valence-corrected chi connectivity index (χ4v) is 1.58. The molecule has 5 nitrogen and oxygen atoms in total. The summed E-state index contributed by atoms with van der Waals surface area (Å²) in [5.41, 5.74) is 2.22. The van der Waals surface area contributed by atoms with Crippen LogP contribution < -0.4 is 0 Å². The van der Waals surface area contributed by atoms with Crippen molar-refractivity contribution in [2.24, 2.45) is 0 Å². The molecule has 6 heteroatoms. The number of halogens is 1. The first-order valence-corrected chi connectivity index (χ1v) is 4.98. The van der Waals surface area contributed by atoms with Crippen molar-refractivity contribution in [3.8, 4) is 11.4 Å². The Hall–Kier alpha value is -2.01. The van der Waals surface area contributed by atoms with Crippen LogP contribution in [0.15, 0.2) is 37.1 Å². The minimum atomic E-state index is 0.213. The highest BCUT2D eigenvalue weighted by molar-refractivity contribution is 6.28. The van der Waals surface area contributed by atoms with Gasteiger partial charge in [-0.3, -0.25) is 0 Å². The summed E-state index contributed by atoms with van der Waals surface area (Å²) >= 11 is 5.72. The van der Waals surface area contributed by atoms with Gasteiger partial charge in [-0.1, -0.05) is 0 Å². The van der Waals surface area contributed by atoms with E-state index in [2.05, 4.69) is 19.9 Å². The second kappa shape index (κ2) is 3.53. The van der Waals surface area contributed by atoms with Crippen LogP contribution in [0.2, 0.25) is 5.28 Å². The first-order chi connectivity index (χ1) is 7.83. The Morgan fingerprint density at radius 3 is 2.88 bits per heavy atom. The van der Waals surface area contributed by atoms with Gasteiger partial charge in [0.15, 0.2) is 5.65 Å². The topological polar surface area (TPSA) is 56.0 Å². The third-order valence-corrected chi connectivity index (χ3v) is 2.35. The van der Waals surface area contributed by atoms with E-state index in [4.69, 9.17) is 11.6 Å². The number of fused-ring (bicyclic) bond motifs is 1. The summed E-state index contributed by atoms with van der Waals surface area (Å²) in [7, 11) is 0. The molecule has 0 fully saturated rings. The molecule has 78 valence electrons. The average Bonchev–Trinajstić information content (AvgIpc) is 2.75. The molecule has 0 unspecified atom stereocenters. The molecule has 0 aliphatic rings. The van der Waals surface area contributed by atoms with E-state index in [1.165, 1.54) is 0 Å². The lowest BCUT2D eigenvalue weighted by atomic mass is 10.3. The molecule has 0 saturated carbocycles. The maximum absolute atomic E-state index is 5.72. The molecule has 0 spiro atoms. The lowest BCUT2D eigenvalue weighted by Crippen LogP contribution is -1.93. The van der Waals surface area contributed by atoms with Gasteiger partial charge >= 0.3 is 0 Å². The summed E-state index contributed by atoms with van der Waals surface area (Å²) in [5, 5.41) is 0.213. The summed E-state index contributed by atoms with van der Waals surface area (Å²) in [5.74, 6) is 0. The Labute approximate surface area is 95.8 Å².